The van der Waals surface area contributed by atoms with Crippen molar-refractivity contribution in [3.63, 3.8) is 0 Å². The van der Waals surface area contributed by atoms with E-state index >= 15 is 0 Å². The van der Waals surface area contributed by atoms with Gasteiger partial charge in [0.1, 0.15) is 12.4 Å². The van der Waals surface area contributed by atoms with E-state index in [1.54, 1.807) is 0 Å². The molecular formula is C18H14ClNO4. The van der Waals surface area contributed by atoms with Gasteiger partial charge in [-0.05, 0) is 17.7 Å². The molecule has 2 N–H and O–H groups in total. The fourth-order valence-electron chi connectivity index (χ4n) is 1.84. The average Bonchev–Trinajstić information content (AvgIpc) is 2.60. The first-order valence-corrected chi connectivity index (χ1v) is 7.39. The molecule has 5 nitrogen and oxygen atoms in total. The highest BCUT2D eigenvalue weighted by Gasteiger charge is 2.07. The number of amides is 1. The van der Waals surface area contributed by atoms with Gasteiger partial charge in [-0.3, -0.25) is 4.79 Å². The molecular weight excluding hydrogens is 330 g/mol. The second-order valence-corrected chi connectivity index (χ2v) is 5.16. The first-order chi connectivity index (χ1) is 11.6. The van der Waals surface area contributed by atoms with Crippen LogP contribution in [0, 0.1) is 11.8 Å². The molecule has 0 aliphatic carbocycles. The minimum Gasteiger partial charge on any atom is -0.506 e. The number of hydrogen-bond donors (Lipinski definition) is 2. The summed E-state index contributed by atoms with van der Waals surface area (Å²) in [6.45, 7) is 0.188. The van der Waals surface area contributed by atoms with Crippen molar-refractivity contribution in [2.75, 3.05) is 6.54 Å². The number of phenols is 1. The lowest BCUT2D eigenvalue weighted by Crippen LogP contribution is -2.24. The van der Waals surface area contributed by atoms with Crippen LogP contribution in [0.1, 0.15) is 21.5 Å². The van der Waals surface area contributed by atoms with Crippen LogP contribution < -0.4 is 5.32 Å². The third-order valence-corrected chi connectivity index (χ3v) is 3.21. The lowest BCUT2D eigenvalue weighted by atomic mass is 10.1. The van der Waals surface area contributed by atoms with Gasteiger partial charge in [-0.25, -0.2) is 4.79 Å². The van der Waals surface area contributed by atoms with E-state index in [2.05, 4.69) is 17.2 Å². The number of phenolic OH excluding ortho intramolecular Hbond substituents is 1. The SMILES string of the molecule is O=Cc1cc(Cl)cc(C#CCNC(=O)OCc2ccccc2)c1O. The third-order valence-electron chi connectivity index (χ3n) is 2.99. The van der Waals surface area contributed by atoms with Crippen LogP contribution in [-0.2, 0) is 11.3 Å². The van der Waals surface area contributed by atoms with Gasteiger partial charge in [-0.15, -0.1) is 0 Å². The van der Waals surface area contributed by atoms with Crippen LogP contribution in [0.15, 0.2) is 42.5 Å². The molecule has 0 heterocycles. The monoisotopic (exact) mass is 343 g/mol. The summed E-state index contributed by atoms with van der Waals surface area (Å²) < 4.78 is 5.03. The highest BCUT2D eigenvalue weighted by atomic mass is 35.5. The van der Waals surface area contributed by atoms with E-state index in [4.69, 9.17) is 16.3 Å². The lowest BCUT2D eigenvalue weighted by molar-refractivity contribution is 0.112. The number of ether oxygens (including phenoxy) is 1. The molecule has 0 unspecified atom stereocenters. The third kappa shape index (κ3) is 5.04. The maximum atomic E-state index is 11.5. The van der Waals surface area contributed by atoms with Crippen molar-refractivity contribution in [2.45, 2.75) is 6.61 Å². The smallest absolute Gasteiger partial charge is 0.408 e. The molecule has 0 saturated heterocycles. The summed E-state index contributed by atoms with van der Waals surface area (Å²) in [6, 6.07) is 12.1. The predicted octanol–water partition coefficient (Wildman–Crippen LogP) is 3.14. The molecule has 0 atom stereocenters. The zero-order valence-electron chi connectivity index (χ0n) is 12.6. The van der Waals surface area contributed by atoms with Crippen LogP contribution >= 0.6 is 11.6 Å². The summed E-state index contributed by atoms with van der Waals surface area (Å²) in [6.07, 6.45) is -0.108. The Morgan fingerprint density at radius 2 is 2.04 bits per heavy atom. The Morgan fingerprint density at radius 1 is 1.29 bits per heavy atom. The molecule has 0 bridgehead atoms. The van der Waals surface area contributed by atoms with E-state index in [1.807, 2.05) is 30.3 Å². The first kappa shape index (κ1) is 17.4. The number of aromatic hydroxyl groups is 1. The van der Waals surface area contributed by atoms with Gasteiger partial charge in [-0.2, -0.15) is 0 Å². The summed E-state index contributed by atoms with van der Waals surface area (Å²) >= 11 is 5.84. The van der Waals surface area contributed by atoms with Gasteiger partial charge in [-0.1, -0.05) is 53.8 Å². The number of benzene rings is 2. The van der Waals surface area contributed by atoms with Crippen LogP contribution in [0.3, 0.4) is 0 Å². The normalized spacial score (nSPS) is 9.54. The van der Waals surface area contributed by atoms with Crippen LogP contribution in [0.2, 0.25) is 5.02 Å². The maximum Gasteiger partial charge on any atom is 0.408 e. The van der Waals surface area contributed by atoms with Gasteiger partial charge >= 0.3 is 6.09 Å². The number of carbonyl (C=O) groups excluding carboxylic acids is 2. The van der Waals surface area contributed by atoms with Crippen LogP contribution in [0.5, 0.6) is 5.75 Å². The molecule has 122 valence electrons. The second-order valence-electron chi connectivity index (χ2n) is 4.73. The second kappa shape index (κ2) is 8.61. The molecule has 0 radical (unpaired) electrons. The van der Waals surface area contributed by atoms with Crippen molar-refractivity contribution in [3.8, 4) is 17.6 Å². The molecule has 0 aliphatic rings. The minimum absolute atomic E-state index is 0.0238. The molecule has 0 fully saturated rings. The van der Waals surface area contributed by atoms with Crippen molar-refractivity contribution in [1.29, 1.82) is 0 Å². The van der Waals surface area contributed by atoms with Crippen molar-refractivity contribution < 1.29 is 19.4 Å². The quantitative estimate of drug-likeness (QED) is 0.660. The highest BCUT2D eigenvalue weighted by molar-refractivity contribution is 6.31. The minimum atomic E-state index is -0.600. The molecule has 0 spiro atoms. The van der Waals surface area contributed by atoms with E-state index < -0.39 is 6.09 Å². The first-order valence-electron chi connectivity index (χ1n) is 7.01. The van der Waals surface area contributed by atoms with E-state index in [9.17, 15) is 14.7 Å². The Morgan fingerprint density at radius 3 is 2.75 bits per heavy atom. The Kier molecular flexibility index (Phi) is 6.23. The number of halogens is 1. The molecule has 2 aromatic carbocycles. The molecule has 1 amide bonds. The topological polar surface area (TPSA) is 75.6 Å². The number of carbonyl (C=O) groups is 2. The molecule has 24 heavy (non-hydrogen) atoms. The molecule has 2 aromatic rings. The summed E-state index contributed by atoms with van der Waals surface area (Å²) in [5.74, 6) is 5.06. The lowest BCUT2D eigenvalue weighted by Gasteiger charge is -2.04. The fourth-order valence-corrected chi connectivity index (χ4v) is 2.06. The largest absolute Gasteiger partial charge is 0.506 e. The van der Waals surface area contributed by atoms with Crippen LogP contribution in [0.4, 0.5) is 4.79 Å². The Bertz CT molecular complexity index is 794. The van der Waals surface area contributed by atoms with Crippen molar-refractivity contribution in [3.05, 3.63) is 64.2 Å². The summed E-state index contributed by atoms with van der Waals surface area (Å²) in [7, 11) is 0. The van der Waals surface area contributed by atoms with Gasteiger partial charge in [0.2, 0.25) is 0 Å². The van der Waals surface area contributed by atoms with Gasteiger partial charge in [0, 0.05) is 5.02 Å². The average molecular weight is 344 g/mol. The van der Waals surface area contributed by atoms with E-state index in [1.165, 1.54) is 12.1 Å². The van der Waals surface area contributed by atoms with E-state index in [-0.39, 0.29) is 35.1 Å². The number of alkyl carbamates (subject to hydrolysis) is 1. The number of rotatable bonds is 4. The summed E-state index contributed by atoms with van der Waals surface area (Å²) in [4.78, 5) is 22.3. The zero-order valence-corrected chi connectivity index (χ0v) is 13.3. The maximum absolute atomic E-state index is 11.5. The molecule has 0 aromatic heterocycles. The van der Waals surface area contributed by atoms with Gasteiger partial charge < -0.3 is 15.2 Å². The predicted molar refractivity (Wildman–Crippen MR) is 90.0 cm³/mol. The summed E-state index contributed by atoms with van der Waals surface area (Å²) in [5.41, 5.74) is 1.15. The highest BCUT2D eigenvalue weighted by Crippen LogP contribution is 2.25. The number of nitrogens with one attached hydrogen (secondary N) is 1. The van der Waals surface area contributed by atoms with E-state index in [0.29, 0.717) is 6.29 Å². The fraction of sp³-hybridized carbons (Fsp3) is 0.111. The molecule has 2 rings (SSSR count). The van der Waals surface area contributed by atoms with Crippen molar-refractivity contribution in [1.82, 2.24) is 5.32 Å². The molecule has 6 heteroatoms. The van der Waals surface area contributed by atoms with Gasteiger partial charge in [0.25, 0.3) is 0 Å². The van der Waals surface area contributed by atoms with Crippen molar-refractivity contribution in [2.24, 2.45) is 0 Å². The molecule has 0 saturated carbocycles. The van der Waals surface area contributed by atoms with Gasteiger partial charge in [0.15, 0.2) is 6.29 Å². The zero-order chi connectivity index (χ0) is 17.4. The molecule has 0 aliphatic heterocycles. The number of aldehydes is 1. The van der Waals surface area contributed by atoms with Gasteiger partial charge in [0.05, 0.1) is 17.7 Å². The van der Waals surface area contributed by atoms with E-state index in [0.717, 1.165) is 5.56 Å². The van der Waals surface area contributed by atoms with Crippen LogP contribution in [-0.4, -0.2) is 24.0 Å². The Balaban J connectivity index is 1.86. The summed E-state index contributed by atoms with van der Waals surface area (Å²) in [5, 5.41) is 12.6. The van der Waals surface area contributed by atoms with Crippen molar-refractivity contribution >= 4 is 24.0 Å². The number of hydrogen-bond acceptors (Lipinski definition) is 4. The standard InChI is InChI=1S/C18H14ClNO4/c19-16-9-14(17(22)15(10-16)11-21)7-4-8-20-18(23)24-12-13-5-2-1-3-6-13/h1-3,5-6,9-11,22H,8,12H2,(H,20,23). The Labute approximate surface area is 144 Å². The van der Waals surface area contributed by atoms with Crippen LogP contribution in [0.25, 0.3) is 0 Å². The Hall–Kier alpha value is -2.97.